The predicted molar refractivity (Wildman–Crippen MR) is 52.7 cm³/mol. The summed E-state index contributed by atoms with van der Waals surface area (Å²) in [6.45, 7) is 1.45. The van der Waals surface area contributed by atoms with Crippen molar-refractivity contribution in [2.45, 2.75) is 6.92 Å². The number of nitro benzene ring substituents is 1. The Morgan fingerprint density at radius 2 is 2.20 bits per heavy atom. The molecule has 0 saturated carbocycles. The highest BCUT2D eigenvalue weighted by Gasteiger charge is 2.22. The monoisotopic (exact) mass is 224 g/mol. The highest BCUT2D eigenvalue weighted by molar-refractivity contribution is 6.68. The summed E-state index contributed by atoms with van der Waals surface area (Å²) >= 11 is 5.23. The van der Waals surface area contributed by atoms with E-state index in [9.17, 15) is 14.9 Å². The fourth-order valence-electron chi connectivity index (χ4n) is 1.22. The van der Waals surface area contributed by atoms with Gasteiger partial charge in [-0.15, -0.1) is 0 Å². The lowest BCUT2D eigenvalue weighted by molar-refractivity contribution is -0.385. The number of nitro groups is 1. The molecule has 15 heavy (non-hydrogen) atoms. The molecule has 1 aromatic rings. The van der Waals surface area contributed by atoms with Crippen LogP contribution >= 0.6 is 11.6 Å². The van der Waals surface area contributed by atoms with E-state index in [1.807, 2.05) is 6.07 Å². The lowest BCUT2D eigenvalue weighted by atomic mass is 10.0. The molecule has 5 nitrogen and oxygen atoms in total. The summed E-state index contributed by atoms with van der Waals surface area (Å²) in [5.41, 5.74) is -0.177. The summed E-state index contributed by atoms with van der Waals surface area (Å²) in [7, 11) is 0. The van der Waals surface area contributed by atoms with E-state index >= 15 is 0 Å². The van der Waals surface area contributed by atoms with Gasteiger partial charge in [0.05, 0.1) is 16.6 Å². The molecule has 0 spiro atoms. The molecule has 0 amide bonds. The zero-order chi connectivity index (χ0) is 11.6. The molecule has 76 valence electrons. The number of benzene rings is 1. The van der Waals surface area contributed by atoms with Crippen molar-refractivity contribution in [1.82, 2.24) is 0 Å². The maximum Gasteiger partial charge on any atom is 0.281 e. The van der Waals surface area contributed by atoms with Crippen molar-refractivity contribution in [3.05, 3.63) is 38.9 Å². The quantitative estimate of drug-likeness (QED) is 0.438. The Bertz CT molecular complexity index is 491. The Labute approximate surface area is 90.0 Å². The summed E-state index contributed by atoms with van der Waals surface area (Å²) in [6.07, 6.45) is 0. The van der Waals surface area contributed by atoms with Gasteiger partial charge in [0.2, 0.25) is 0 Å². The van der Waals surface area contributed by atoms with Gasteiger partial charge in [-0.25, -0.2) is 0 Å². The molecule has 1 aromatic carbocycles. The van der Waals surface area contributed by atoms with Crippen LogP contribution in [0.2, 0.25) is 0 Å². The molecule has 0 heterocycles. The third kappa shape index (κ3) is 1.95. The van der Waals surface area contributed by atoms with Gasteiger partial charge in [0.15, 0.2) is 0 Å². The number of carbonyl (C=O) groups is 1. The molecule has 0 fully saturated rings. The van der Waals surface area contributed by atoms with Crippen molar-refractivity contribution in [2.24, 2.45) is 0 Å². The van der Waals surface area contributed by atoms with Crippen LogP contribution in [0.25, 0.3) is 0 Å². The summed E-state index contributed by atoms with van der Waals surface area (Å²) < 4.78 is 0. The average molecular weight is 225 g/mol. The second-order valence-corrected chi connectivity index (χ2v) is 3.12. The fraction of sp³-hybridized carbons (Fsp3) is 0.111. The number of carbonyl (C=O) groups excluding carboxylic acids is 1. The van der Waals surface area contributed by atoms with Gasteiger partial charge >= 0.3 is 0 Å². The highest BCUT2D eigenvalue weighted by Crippen LogP contribution is 2.26. The Balaban J connectivity index is 3.60. The normalized spacial score (nSPS) is 9.40. The minimum absolute atomic E-state index is 0.199. The second kappa shape index (κ2) is 4.07. The zero-order valence-corrected chi connectivity index (χ0v) is 8.41. The third-order valence-corrected chi connectivity index (χ3v) is 2.15. The predicted octanol–water partition coefficient (Wildman–Crippen LogP) is 2.15. The molecule has 0 bridgehead atoms. The van der Waals surface area contributed by atoms with E-state index in [1.165, 1.54) is 13.0 Å². The number of rotatable bonds is 2. The van der Waals surface area contributed by atoms with Crippen LogP contribution in [0, 0.1) is 28.4 Å². The van der Waals surface area contributed by atoms with E-state index in [1.54, 1.807) is 0 Å². The van der Waals surface area contributed by atoms with Gasteiger partial charge in [-0.05, 0) is 30.2 Å². The van der Waals surface area contributed by atoms with Gasteiger partial charge in [-0.3, -0.25) is 14.9 Å². The lowest BCUT2D eigenvalue weighted by Crippen LogP contribution is -2.03. The number of hydrogen-bond acceptors (Lipinski definition) is 4. The van der Waals surface area contributed by atoms with Gasteiger partial charge in [0.25, 0.3) is 10.9 Å². The Morgan fingerprint density at radius 3 is 2.60 bits per heavy atom. The van der Waals surface area contributed by atoms with E-state index in [0.29, 0.717) is 0 Å². The van der Waals surface area contributed by atoms with Crippen LogP contribution in [0.3, 0.4) is 0 Å². The van der Waals surface area contributed by atoms with Crippen molar-refractivity contribution >= 4 is 22.5 Å². The first-order chi connectivity index (χ1) is 6.99. The van der Waals surface area contributed by atoms with E-state index < -0.39 is 10.2 Å². The maximum atomic E-state index is 11.0. The molecule has 1 rings (SSSR count). The van der Waals surface area contributed by atoms with E-state index in [0.717, 1.165) is 6.07 Å². The first-order valence-electron chi connectivity index (χ1n) is 3.87. The molecule has 6 heteroatoms. The van der Waals surface area contributed by atoms with Crippen LogP contribution in [0.15, 0.2) is 12.1 Å². The highest BCUT2D eigenvalue weighted by atomic mass is 35.5. The molecule has 0 N–H and O–H groups in total. The van der Waals surface area contributed by atoms with Crippen molar-refractivity contribution < 1.29 is 9.72 Å². The molecule has 0 atom stereocenters. The number of halogens is 1. The van der Waals surface area contributed by atoms with Crippen LogP contribution in [0.4, 0.5) is 5.69 Å². The van der Waals surface area contributed by atoms with Gasteiger partial charge in [-0.1, -0.05) is 0 Å². The van der Waals surface area contributed by atoms with Crippen molar-refractivity contribution in [1.29, 1.82) is 5.26 Å². The van der Waals surface area contributed by atoms with Crippen LogP contribution in [-0.4, -0.2) is 10.2 Å². The lowest BCUT2D eigenvalue weighted by Gasteiger charge is -2.03. The molecule has 0 unspecified atom stereocenters. The Kier molecular flexibility index (Phi) is 3.02. The fourth-order valence-corrected chi connectivity index (χ4v) is 1.46. The smallest absolute Gasteiger partial charge is 0.275 e. The summed E-state index contributed by atoms with van der Waals surface area (Å²) in [4.78, 5) is 20.9. The van der Waals surface area contributed by atoms with Gasteiger partial charge in [0.1, 0.15) is 5.56 Å². The van der Waals surface area contributed by atoms with Crippen LogP contribution in [0.1, 0.15) is 21.5 Å². The van der Waals surface area contributed by atoms with E-state index in [4.69, 9.17) is 16.9 Å². The SMILES string of the molecule is Cc1c(C#N)ccc([N+](=O)[O-])c1C(=O)Cl. The summed E-state index contributed by atoms with van der Waals surface area (Å²) in [5.74, 6) is 0. The van der Waals surface area contributed by atoms with E-state index in [-0.39, 0.29) is 22.4 Å². The van der Waals surface area contributed by atoms with Gasteiger partial charge in [0, 0.05) is 6.07 Å². The molecule has 0 radical (unpaired) electrons. The summed E-state index contributed by atoms with van der Waals surface area (Å²) in [5, 5.41) is 18.3. The number of nitriles is 1. The third-order valence-electron chi connectivity index (χ3n) is 1.96. The molecule has 0 saturated heterocycles. The Morgan fingerprint density at radius 1 is 1.60 bits per heavy atom. The maximum absolute atomic E-state index is 11.0. The molecule has 0 aliphatic rings. The van der Waals surface area contributed by atoms with E-state index in [2.05, 4.69) is 0 Å². The molecule has 0 aromatic heterocycles. The van der Waals surface area contributed by atoms with Crippen molar-refractivity contribution in [3.8, 4) is 6.07 Å². The molecule has 0 aliphatic heterocycles. The minimum Gasteiger partial charge on any atom is -0.275 e. The number of hydrogen-bond donors (Lipinski definition) is 0. The van der Waals surface area contributed by atoms with Crippen LogP contribution < -0.4 is 0 Å². The van der Waals surface area contributed by atoms with Crippen LogP contribution in [0.5, 0.6) is 0 Å². The zero-order valence-electron chi connectivity index (χ0n) is 7.65. The van der Waals surface area contributed by atoms with Crippen molar-refractivity contribution in [2.75, 3.05) is 0 Å². The van der Waals surface area contributed by atoms with Gasteiger partial charge < -0.3 is 0 Å². The summed E-state index contributed by atoms with van der Waals surface area (Å²) in [6, 6.07) is 4.21. The first kappa shape index (κ1) is 11.1. The molecule has 0 aliphatic carbocycles. The van der Waals surface area contributed by atoms with Crippen LogP contribution in [-0.2, 0) is 0 Å². The average Bonchev–Trinajstić information content (AvgIpc) is 2.16. The van der Waals surface area contributed by atoms with Crippen molar-refractivity contribution in [3.63, 3.8) is 0 Å². The number of nitrogens with zero attached hydrogens (tertiary/aromatic N) is 2. The Hall–Kier alpha value is -1.93. The first-order valence-corrected chi connectivity index (χ1v) is 4.24. The standard InChI is InChI=1S/C9H5ClN2O3/c1-5-6(4-11)2-3-7(12(14)15)8(5)9(10)13/h2-3H,1H3. The minimum atomic E-state index is -0.934. The van der Waals surface area contributed by atoms with Gasteiger partial charge in [-0.2, -0.15) is 5.26 Å². The molecular weight excluding hydrogens is 220 g/mol. The second-order valence-electron chi connectivity index (χ2n) is 2.77. The topological polar surface area (TPSA) is 84.0 Å². The largest absolute Gasteiger partial charge is 0.281 e. The molecular formula is C9H5ClN2O3.